The molecular weight excluding hydrogens is 232 g/mol. The topological polar surface area (TPSA) is 80.9 Å². The molecule has 0 radical (unpaired) electrons. The molecule has 2 unspecified atom stereocenters. The minimum atomic E-state index is -0.560. The molecule has 0 aromatic carbocycles. The van der Waals surface area contributed by atoms with Crippen molar-refractivity contribution in [2.45, 2.75) is 26.1 Å². The first-order chi connectivity index (χ1) is 4.54. The van der Waals surface area contributed by atoms with Gasteiger partial charge in [-0.25, -0.2) is 0 Å². The molecular formula is C6H16MoO4. The largest absolute Gasteiger partial charge is 0.394 e. The Morgan fingerprint density at radius 1 is 0.909 bits per heavy atom. The predicted molar refractivity (Wildman–Crippen MR) is 37.5 cm³/mol. The van der Waals surface area contributed by atoms with Crippen LogP contribution in [0.25, 0.3) is 0 Å². The van der Waals surface area contributed by atoms with E-state index >= 15 is 0 Å². The fraction of sp³-hybridized carbons (Fsp3) is 1.00. The summed E-state index contributed by atoms with van der Waals surface area (Å²) in [5.41, 5.74) is 0. The molecule has 70 valence electrons. The zero-order valence-electron chi connectivity index (χ0n) is 6.77. The number of aliphatic hydroxyl groups is 4. The van der Waals surface area contributed by atoms with Crippen LogP contribution in [0.3, 0.4) is 0 Å². The Morgan fingerprint density at radius 2 is 1.00 bits per heavy atom. The van der Waals surface area contributed by atoms with Gasteiger partial charge in [0.1, 0.15) is 0 Å². The van der Waals surface area contributed by atoms with Crippen LogP contribution in [0.2, 0.25) is 0 Å². The van der Waals surface area contributed by atoms with Crippen LogP contribution in [0.15, 0.2) is 0 Å². The van der Waals surface area contributed by atoms with Crippen LogP contribution in [0, 0.1) is 0 Å². The molecule has 0 saturated heterocycles. The zero-order valence-corrected chi connectivity index (χ0v) is 8.77. The SMILES string of the molecule is CC(O)CO.CC(O)CO.[Mo]. The number of hydrogen-bond donors (Lipinski definition) is 4. The smallest absolute Gasteiger partial charge is 0.0742 e. The van der Waals surface area contributed by atoms with Crippen LogP contribution in [0.1, 0.15) is 13.8 Å². The number of rotatable bonds is 2. The Kier molecular flexibility index (Phi) is 21.0. The van der Waals surface area contributed by atoms with E-state index in [1.54, 1.807) is 0 Å². The number of aliphatic hydroxyl groups excluding tert-OH is 4. The van der Waals surface area contributed by atoms with Gasteiger partial charge in [-0.2, -0.15) is 0 Å². The normalized spacial score (nSPS) is 13.6. The first kappa shape index (κ1) is 17.6. The first-order valence-electron chi connectivity index (χ1n) is 3.12. The van der Waals surface area contributed by atoms with Crippen molar-refractivity contribution in [3.05, 3.63) is 0 Å². The van der Waals surface area contributed by atoms with Crippen molar-refractivity contribution in [3.63, 3.8) is 0 Å². The second kappa shape index (κ2) is 13.1. The monoisotopic (exact) mass is 250 g/mol. The van der Waals surface area contributed by atoms with Gasteiger partial charge in [0.25, 0.3) is 0 Å². The van der Waals surface area contributed by atoms with E-state index in [2.05, 4.69) is 0 Å². The van der Waals surface area contributed by atoms with E-state index in [0.29, 0.717) is 0 Å². The fourth-order valence-electron chi connectivity index (χ4n) is 0. The van der Waals surface area contributed by atoms with Gasteiger partial charge in [-0.15, -0.1) is 0 Å². The van der Waals surface area contributed by atoms with Crippen molar-refractivity contribution in [2.24, 2.45) is 0 Å². The van der Waals surface area contributed by atoms with Crippen molar-refractivity contribution in [3.8, 4) is 0 Å². The van der Waals surface area contributed by atoms with Crippen molar-refractivity contribution in [1.82, 2.24) is 0 Å². The zero-order chi connectivity index (χ0) is 8.57. The van der Waals surface area contributed by atoms with Crippen LogP contribution in [-0.4, -0.2) is 45.8 Å². The molecule has 2 atom stereocenters. The van der Waals surface area contributed by atoms with Crippen molar-refractivity contribution in [2.75, 3.05) is 13.2 Å². The summed E-state index contributed by atoms with van der Waals surface area (Å²) in [6.45, 7) is 2.78. The van der Waals surface area contributed by atoms with Gasteiger partial charge in [0.05, 0.1) is 25.4 Å². The average Bonchev–Trinajstić information content (AvgIpc) is 1.89. The van der Waals surface area contributed by atoms with Gasteiger partial charge in [-0.1, -0.05) is 0 Å². The summed E-state index contributed by atoms with van der Waals surface area (Å²) < 4.78 is 0. The molecule has 0 aromatic rings. The van der Waals surface area contributed by atoms with Crippen LogP contribution < -0.4 is 0 Å². The van der Waals surface area contributed by atoms with E-state index in [0.717, 1.165) is 0 Å². The van der Waals surface area contributed by atoms with Gasteiger partial charge in [0.15, 0.2) is 0 Å². The maximum atomic E-state index is 8.11. The van der Waals surface area contributed by atoms with Gasteiger partial charge in [0, 0.05) is 21.1 Å². The van der Waals surface area contributed by atoms with Gasteiger partial charge in [0.2, 0.25) is 0 Å². The molecule has 5 heteroatoms. The van der Waals surface area contributed by atoms with E-state index in [9.17, 15) is 0 Å². The molecule has 0 amide bonds. The molecule has 0 aliphatic heterocycles. The third kappa shape index (κ3) is 37.3. The van der Waals surface area contributed by atoms with Gasteiger partial charge in [-0.05, 0) is 13.8 Å². The molecule has 0 aliphatic carbocycles. The second-order valence-corrected chi connectivity index (χ2v) is 2.06. The van der Waals surface area contributed by atoms with E-state index in [1.807, 2.05) is 0 Å². The number of hydrogen-bond acceptors (Lipinski definition) is 4. The summed E-state index contributed by atoms with van der Waals surface area (Å²) in [5, 5.41) is 32.0. The van der Waals surface area contributed by atoms with Crippen LogP contribution in [-0.2, 0) is 21.1 Å². The van der Waals surface area contributed by atoms with E-state index in [1.165, 1.54) is 13.8 Å². The second-order valence-electron chi connectivity index (χ2n) is 2.06. The minimum absolute atomic E-state index is 0. The standard InChI is InChI=1S/2C3H8O2.Mo/c2*1-3(5)2-4;/h2*3-5H,2H2,1H3;. The molecule has 0 spiro atoms. The molecule has 4 nitrogen and oxygen atoms in total. The molecule has 0 rings (SSSR count). The maximum absolute atomic E-state index is 8.11. The Morgan fingerprint density at radius 3 is 1.00 bits per heavy atom. The summed E-state index contributed by atoms with van der Waals surface area (Å²) in [6, 6.07) is 0. The summed E-state index contributed by atoms with van der Waals surface area (Å²) in [6.07, 6.45) is -1.12. The molecule has 0 fully saturated rings. The summed E-state index contributed by atoms with van der Waals surface area (Å²) in [5.74, 6) is 0. The van der Waals surface area contributed by atoms with Gasteiger partial charge in [-0.3, -0.25) is 0 Å². The van der Waals surface area contributed by atoms with Gasteiger partial charge < -0.3 is 20.4 Å². The summed E-state index contributed by atoms with van der Waals surface area (Å²) >= 11 is 0. The Balaban J connectivity index is -0.000000107. The van der Waals surface area contributed by atoms with Crippen LogP contribution >= 0.6 is 0 Å². The maximum Gasteiger partial charge on any atom is 0.0742 e. The molecule has 4 N–H and O–H groups in total. The van der Waals surface area contributed by atoms with E-state index in [-0.39, 0.29) is 34.3 Å². The Bertz CT molecular complexity index is 50.5. The average molecular weight is 248 g/mol. The Labute approximate surface area is 81.1 Å². The molecule has 0 bridgehead atoms. The Hall–Kier alpha value is 0.528. The third-order valence-corrected chi connectivity index (χ3v) is 0.528. The van der Waals surface area contributed by atoms with Crippen molar-refractivity contribution >= 4 is 0 Å². The van der Waals surface area contributed by atoms with E-state index in [4.69, 9.17) is 20.4 Å². The molecule has 0 aliphatic rings. The summed E-state index contributed by atoms with van der Waals surface area (Å²) in [7, 11) is 0. The molecule has 0 heterocycles. The molecule has 0 aromatic heterocycles. The van der Waals surface area contributed by atoms with Crippen LogP contribution in [0.4, 0.5) is 0 Å². The predicted octanol–water partition coefficient (Wildman–Crippen LogP) is -1.28. The van der Waals surface area contributed by atoms with E-state index < -0.39 is 12.2 Å². The molecule has 0 saturated carbocycles. The quantitative estimate of drug-likeness (QED) is 0.459. The van der Waals surface area contributed by atoms with Crippen molar-refractivity contribution in [1.29, 1.82) is 0 Å². The fourth-order valence-corrected chi connectivity index (χ4v) is 0. The van der Waals surface area contributed by atoms with Crippen LogP contribution in [0.5, 0.6) is 0 Å². The van der Waals surface area contributed by atoms with Crippen molar-refractivity contribution < 1.29 is 41.5 Å². The minimum Gasteiger partial charge on any atom is -0.394 e. The first-order valence-corrected chi connectivity index (χ1v) is 3.12. The third-order valence-electron chi connectivity index (χ3n) is 0.528. The summed E-state index contributed by atoms with van der Waals surface area (Å²) in [4.78, 5) is 0. The molecule has 11 heavy (non-hydrogen) atoms. The van der Waals surface area contributed by atoms with Gasteiger partial charge >= 0.3 is 0 Å².